The molecule has 5 aliphatic heterocycles. The molecule has 0 spiro atoms. The molecule has 1 saturated heterocycles. The molecule has 1 fully saturated rings. The minimum atomic E-state index is -2.06. The van der Waals surface area contributed by atoms with Crippen molar-refractivity contribution in [2.45, 2.75) is 141 Å². The number of aliphatic carboxylic acids is 3. The van der Waals surface area contributed by atoms with Gasteiger partial charge in [-0.15, -0.1) is 0 Å². The average molecular weight is 1850 g/mol. The second-order valence-corrected chi connectivity index (χ2v) is 36.3. The maximum atomic E-state index is 14.5. The molecule has 5 aliphatic rings. The molecule has 688 valence electrons. The zero-order valence-corrected chi connectivity index (χ0v) is 74.2. The van der Waals surface area contributed by atoms with E-state index >= 15 is 0 Å². The first kappa shape index (κ1) is 97.2. The summed E-state index contributed by atoms with van der Waals surface area (Å²) in [4.78, 5) is 228. The van der Waals surface area contributed by atoms with E-state index in [0.29, 0.717) is 33.8 Å². The summed E-state index contributed by atoms with van der Waals surface area (Å²) in [6.07, 6.45) is -2.05. The minimum absolute atomic E-state index is 0.00883. The fourth-order valence-electron chi connectivity index (χ4n) is 15.7. The molecule has 0 radical (unpaired) electrons. The number of ether oxygens (including phenoxy) is 6. The number of hydrogen-bond acceptors (Lipinski definition) is 32. The number of nitrogens with one attached hydrogen (secondary N) is 6. The number of benzene rings is 2. The molecule has 0 saturated carbocycles. The zero-order chi connectivity index (χ0) is 91.9. The number of pyridine rings is 4. The molecular weight excluding hydrogens is 1750 g/mol. The summed E-state index contributed by atoms with van der Waals surface area (Å²) in [5.41, 5.74) is 6.46. The van der Waals surface area contributed by atoms with Gasteiger partial charge in [-0.2, -0.15) is 0 Å². The maximum Gasteiger partial charge on any atom is 0.509 e. The molecule has 7 amide bonds. The molecule has 2 aromatic carbocycles. The second kappa shape index (κ2) is 45.5. The number of nitrogens with two attached hydrogens (primary N) is 1. The molecule has 6 atom stereocenters. The van der Waals surface area contributed by atoms with Crippen molar-refractivity contribution in [3.05, 3.63) is 127 Å². The van der Waals surface area contributed by atoms with Crippen LogP contribution in [-0.2, 0) is 123 Å². The van der Waals surface area contributed by atoms with Crippen LogP contribution in [0.15, 0.2) is 82.4 Å². The number of esters is 2. The number of hydrogen-bond donors (Lipinski definition) is 10. The summed E-state index contributed by atoms with van der Waals surface area (Å²) in [5.74, 6) is -9.77. The van der Waals surface area contributed by atoms with Crippen LogP contribution in [0.25, 0.3) is 44.6 Å². The Morgan fingerprint density at radius 2 is 0.883 bits per heavy atom. The summed E-state index contributed by atoms with van der Waals surface area (Å²) in [6, 6.07) is 17.0. The smallest absolute Gasteiger partial charge is 0.480 e. The van der Waals surface area contributed by atoms with Crippen LogP contribution >= 0.6 is 43.2 Å². The first-order chi connectivity index (χ1) is 61.4. The highest BCUT2D eigenvalue weighted by atomic mass is 33.1. The SMILES string of the molecule is CC[C@]1(OC(=O)OCCSSC[C@@H](NC(C)=O)C(=O)N[C@@H](CCCCNC(=O)[C@@H](CSSCCOC(=O)O[C@]2(CC)C(=O)OCc3c2cc2n(c3=O)Cc3cc4ccccc4nc3-2)NC(C)=O)C(=O)N[C@H](CCCCNC(=O)CN2CCN(CC(=O)O)CCN(CC(=O)O)CCN(CC(=O)O)CC2)C(N)=O)C(=O)OCc2c1cc1n(c2=O)Cc2cc3ccccc3nc2-1. The Labute approximate surface area is 749 Å². The van der Waals surface area contributed by atoms with Gasteiger partial charge in [0, 0.05) is 135 Å². The van der Waals surface area contributed by atoms with Gasteiger partial charge in [0.1, 0.15) is 50.6 Å². The van der Waals surface area contributed by atoms with Crippen LogP contribution in [-0.4, -0.2) is 290 Å². The van der Waals surface area contributed by atoms with Crippen LogP contribution < -0.4 is 48.8 Å². The Morgan fingerprint density at radius 3 is 1.30 bits per heavy atom. The number of fused-ring (bicyclic) bond motifs is 10. The number of carboxylic acids is 3. The lowest BCUT2D eigenvalue weighted by Gasteiger charge is -2.35. The first-order valence-corrected chi connectivity index (χ1v) is 46.8. The molecule has 6 aromatic rings. The number of amides is 7. The number of primary amides is 1. The summed E-state index contributed by atoms with van der Waals surface area (Å²) in [7, 11) is 4.57. The van der Waals surface area contributed by atoms with Crippen LogP contribution in [0.4, 0.5) is 9.59 Å². The standard InChI is InChI=1S/C84H103N15O25S4/c1-5-83(57-37-65-71-53(35-51-15-7-9-17-59(51)90-71)39-98(65)77(113)55(57)45-121-79(83)115)123-81(117)119-31-33-125-127-47-63(88-49(3)100)74(110)87-22-14-12-20-62(75(111)92-61(73(85)109)19-11-13-21-86-67(102)41-94-23-25-95(42-68(103)104)27-29-97(44-70(107)108)30-28-96(26-24-94)43-69(105)106)93-76(112)64(89-50(4)101)48-128-126-34-32-120-82(118)124-84(6-2)58-38-66-72-54(36-52-16-8-10-18-60(52)91-72)40-99(66)78(114)56(58)46-122-80(84)116/h7-10,15-18,35-38,61-64H,5-6,11-14,19-34,39-48H2,1-4H3,(H2,85,109)(H,86,102)(H,87,110)(H,88,100)(H,89,101)(H,92,111)(H,93,112)(H,103,104)(H,105,106)(H,107,108)/t61-,62+,63-,64-,83+,84-/m1/s1. The first-order valence-electron chi connectivity index (χ1n) is 41.8. The van der Waals surface area contributed by atoms with Crippen molar-refractivity contribution < 1.29 is 111 Å². The Balaban J connectivity index is 0.678. The number of carboxylic acid groups (broad SMARTS) is 3. The van der Waals surface area contributed by atoms with Gasteiger partial charge in [0.05, 0.1) is 84.2 Å². The fourth-order valence-corrected chi connectivity index (χ4v) is 19.7. The molecule has 128 heavy (non-hydrogen) atoms. The Kier molecular flexibility index (Phi) is 34.6. The van der Waals surface area contributed by atoms with Crippen molar-refractivity contribution in [2.75, 3.05) is 128 Å². The third-order valence-corrected chi connectivity index (χ3v) is 27.0. The number of nitrogens with zero attached hydrogens (tertiary/aromatic N) is 8. The minimum Gasteiger partial charge on any atom is -0.480 e. The lowest BCUT2D eigenvalue weighted by molar-refractivity contribution is -0.175. The fraction of sp³-hybridized carbons (Fsp3) is 0.500. The van der Waals surface area contributed by atoms with Crippen LogP contribution in [0.5, 0.6) is 0 Å². The van der Waals surface area contributed by atoms with Crippen molar-refractivity contribution in [1.29, 1.82) is 0 Å². The lowest BCUT2D eigenvalue weighted by Crippen LogP contribution is -2.56. The number of cyclic esters (lactones) is 2. The van der Waals surface area contributed by atoms with Crippen LogP contribution in [0.3, 0.4) is 0 Å². The zero-order valence-electron chi connectivity index (χ0n) is 71.0. The van der Waals surface area contributed by atoms with E-state index in [9.17, 15) is 92.0 Å². The van der Waals surface area contributed by atoms with E-state index in [1.54, 1.807) is 50.1 Å². The van der Waals surface area contributed by atoms with Gasteiger partial charge in [-0.25, -0.2) is 29.1 Å². The third kappa shape index (κ3) is 25.1. The number of carbonyl (C=O) groups excluding carboxylic acids is 11. The van der Waals surface area contributed by atoms with Gasteiger partial charge >= 0.3 is 42.2 Å². The summed E-state index contributed by atoms with van der Waals surface area (Å²) in [6.45, 7) is 5.17. The van der Waals surface area contributed by atoms with Crippen molar-refractivity contribution in [2.24, 2.45) is 5.73 Å². The lowest BCUT2D eigenvalue weighted by atomic mass is 9.85. The van der Waals surface area contributed by atoms with Gasteiger partial charge in [-0.05, 0) is 87.8 Å². The van der Waals surface area contributed by atoms with E-state index in [2.05, 4.69) is 31.9 Å². The van der Waals surface area contributed by atoms with E-state index < -0.39 is 130 Å². The number of unbranched alkanes of at least 4 members (excludes halogenated alkanes) is 2. The highest BCUT2D eigenvalue weighted by Crippen LogP contribution is 2.44. The van der Waals surface area contributed by atoms with Gasteiger partial charge in [0.2, 0.25) is 52.6 Å². The monoisotopic (exact) mass is 1850 g/mol. The number of rotatable bonds is 42. The van der Waals surface area contributed by atoms with Gasteiger partial charge in [0.25, 0.3) is 11.1 Å². The Morgan fingerprint density at radius 1 is 0.492 bits per heavy atom. The van der Waals surface area contributed by atoms with Crippen LogP contribution in [0, 0.1) is 0 Å². The molecule has 0 bridgehead atoms. The Hall–Kier alpha value is -11.4. The maximum absolute atomic E-state index is 14.5. The van der Waals surface area contributed by atoms with E-state index in [1.807, 2.05) is 60.7 Å². The predicted molar refractivity (Wildman–Crippen MR) is 470 cm³/mol. The molecule has 0 aliphatic carbocycles. The average Bonchev–Trinajstić information content (AvgIpc) is 1.53. The largest absolute Gasteiger partial charge is 0.509 e. The van der Waals surface area contributed by atoms with E-state index in [1.165, 1.54) is 40.0 Å². The van der Waals surface area contributed by atoms with Crippen LogP contribution in [0.1, 0.15) is 112 Å². The van der Waals surface area contributed by atoms with Crippen molar-refractivity contribution in [3.63, 3.8) is 0 Å². The normalized spacial score (nSPS) is 17.8. The summed E-state index contributed by atoms with van der Waals surface area (Å²) >= 11 is 0. The number of aromatic nitrogens is 4. The van der Waals surface area contributed by atoms with Crippen molar-refractivity contribution in [3.8, 4) is 22.8 Å². The third-order valence-electron chi connectivity index (χ3n) is 22.2. The van der Waals surface area contributed by atoms with E-state index in [4.69, 9.17) is 44.1 Å². The molecule has 44 heteroatoms. The summed E-state index contributed by atoms with van der Waals surface area (Å²) < 4.78 is 36.5. The number of para-hydroxylation sites is 2. The highest BCUT2D eigenvalue weighted by molar-refractivity contribution is 8.77. The van der Waals surface area contributed by atoms with Gasteiger partial charge in [-0.1, -0.05) is 93.4 Å². The van der Waals surface area contributed by atoms with Crippen molar-refractivity contribution in [1.82, 2.24) is 70.6 Å². The van der Waals surface area contributed by atoms with Gasteiger partial charge < -0.3 is 90.5 Å². The molecule has 40 nitrogen and oxygen atoms in total. The van der Waals surface area contributed by atoms with Gasteiger partial charge in [-0.3, -0.25) is 77.1 Å². The van der Waals surface area contributed by atoms with E-state index in [-0.39, 0.29) is 228 Å². The predicted octanol–water partition coefficient (Wildman–Crippen LogP) is 2.77. The summed E-state index contributed by atoms with van der Waals surface area (Å²) in [5, 5.41) is 46.8. The molecule has 11 N–H and O–H groups in total. The van der Waals surface area contributed by atoms with Crippen LogP contribution in [0.2, 0.25) is 0 Å². The van der Waals surface area contributed by atoms with Crippen molar-refractivity contribution >= 4 is 148 Å². The molecule has 0 unspecified atom stereocenters. The molecule has 4 aromatic heterocycles. The number of carbonyl (C=O) groups is 14. The quantitative estimate of drug-likeness (QED) is 0.0114. The highest BCUT2D eigenvalue weighted by Gasteiger charge is 2.53. The molecule has 11 rings (SSSR count). The topological polar surface area (TPSA) is 536 Å². The molecular formula is C84H103N15O25S4. The Bertz CT molecular complexity index is 5300. The molecule has 9 heterocycles. The second-order valence-electron chi connectivity index (χ2n) is 31.1. The van der Waals surface area contributed by atoms with E-state index in [0.717, 1.165) is 43.5 Å². The van der Waals surface area contributed by atoms with Gasteiger partial charge in [0.15, 0.2) is 0 Å².